The maximum absolute atomic E-state index is 6.40. The van der Waals surface area contributed by atoms with E-state index >= 15 is 0 Å². The molecular formula is C15H26ClN3O. The van der Waals surface area contributed by atoms with Crippen molar-refractivity contribution in [2.75, 3.05) is 19.8 Å². The van der Waals surface area contributed by atoms with Gasteiger partial charge >= 0.3 is 0 Å². The van der Waals surface area contributed by atoms with E-state index < -0.39 is 0 Å². The number of aryl methyl sites for hydroxylation is 2. The zero-order valence-electron chi connectivity index (χ0n) is 12.8. The zero-order valence-corrected chi connectivity index (χ0v) is 13.5. The van der Waals surface area contributed by atoms with E-state index in [9.17, 15) is 0 Å². The Morgan fingerprint density at radius 2 is 2.15 bits per heavy atom. The maximum Gasteiger partial charge on any atom is 0.0847 e. The van der Waals surface area contributed by atoms with Crippen LogP contribution < -0.4 is 5.32 Å². The molecule has 0 spiro atoms. The second-order valence-electron chi connectivity index (χ2n) is 5.68. The van der Waals surface area contributed by atoms with Crippen LogP contribution in [0.4, 0.5) is 0 Å². The van der Waals surface area contributed by atoms with Crippen molar-refractivity contribution in [1.29, 1.82) is 0 Å². The molecule has 5 heteroatoms. The molecule has 1 unspecified atom stereocenters. The monoisotopic (exact) mass is 299 g/mol. The molecule has 1 aliphatic rings. The van der Waals surface area contributed by atoms with Crippen LogP contribution in [0.5, 0.6) is 0 Å². The van der Waals surface area contributed by atoms with Crippen LogP contribution in [0.25, 0.3) is 0 Å². The van der Waals surface area contributed by atoms with Crippen LogP contribution in [0.15, 0.2) is 0 Å². The molecule has 1 aromatic rings. The van der Waals surface area contributed by atoms with Crippen molar-refractivity contribution in [2.24, 2.45) is 13.0 Å². The Balaban J connectivity index is 2.09. The van der Waals surface area contributed by atoms with Gasteiger partial charge in [-0.3, -0.25) is 4.68 Å². The lowest BCUT2D eigenvalue weighted by Crippen LogP contribution is -2.41. The van der Waals surface area contributed by atoms with Crippen molar-refractivity contribution in [2.45, 2.75) is 45.6 Å². The Hall–Kier alpha value is -0.580. The molecule has 1 aromatic heterocycles. The van der Waals surface area contributed by atoms with Crippen LogP contribution in [0.2, 0.25) is 5.02 Å². The predicted molar refractivity (Wildman–Crippen MR) is 82.3 cm³/mol. The normalized spacial score (nSPS) is 18.4. The molecule has 0 amide bonds. The molecule has 0 bridgehead atoms. The highest BCUT2D eigenvalue weighted by atomic mass is 35.5. The van der Waals surface area contributed by atoms with Gasteiger partial charge in [0, 0.05) is 32.7 Å². The third-order valence-corrected chi connectivity index (χ3v) is 4.66. The van der Waals surface area contributed by atoms with E-state index in [-0.39, 0.29) is 0 Å². The topological polar surface area (TPSA) is 39.1 Å². The standard InChI is InChI=1S/C15H26ClN3O/c1-4-7-17-13(12-5-8-20-9-6-12)10-14-15(16)11(2)18-19(14)3/h12-13,17H,4-10H2,1-3H3. The molecule has 1 aliphatic heterocycles. The van der Waals surface area contributed by atoms with Gasteiger partial charge in [-0.1, -0.05) is 18.5 Å². The Morgan fingerprint density at radius 3 is 2.70 bits per heavy atom. The van der Waals surface area contributed by atoms with Crippen molar-refractivity contribution < 1.29 is 4.74 Å². The third kappa shape index (κ3) is 3.74. The second kappa shape index (κ2) is 7.43. The Bertz CT molecular complexity index is 427. The smallest absolute Gasteiger partial charge is 0.0847 e. The minimum Gasteiger partial charge on any atom is -0.381 e. The number of aromatic nitrogens is 2. The molecule has 1 fully saturated rings. The van der Waals surface area contributed by atoms with Gasteiger partial charge in [0.1, 0.15) is 0 Å². The van der Waals surface area contributed by atoms with E-state index in [2.05, 4.69) is 17.3 Å². The van der Waals surface area contributed by atoms with Crippen LogP contribution in [0.1, 0.15) is 37.6 Å². The summed E-state index contributed by atoms with van der Waals surface area (Å²) in [4.78, 5) is 0. The first kappa shape index (κ1) is 15.8. The summed E-state index contributed by atoms with van der Waals surface area (Å²) in [6, 6.07) is 0.464. The molecule has 1 N–H and O–H groups in total. The molecule has 0 radical (unpaired) electrons. The highest BCUT2D eigenvalue weighted by Crippen LogP contribution is 2.26. The fourth-order valence-corrected chi connectivity index (χ4v) is 3.20. The van der Waals surface area contributed by atoms with Gasteiger partial charge in [-0.25, -0.2) is 0 Å². The number of nitrogens with zero attached hydrogens (tertiary/aromatic N) is 2. The van der Waals surface area contributed by atoms with Crippen molar-refractivity contribution in [1.82, 2.24) is 15.1 Å². The third-order valence-electron chi connectivity index (χ3n) is 4.17. The van der Waals surface area contributed by atoms with Crippen LogP contribution in [0, 0.1) is 12.8 Å². The summed E-state index contributed by atoms with van der Waals surface area (Å²) in [6.07, 6.45) is 4.37. The first-order valence-corrected chi connectivity index (χ1v) is 8.00. The van der Waals surface area contributed by atoms with Crippen LogP contribution in [-0.4, -0.2) is 35.6 Å². The molecule has 0 saturated carbocycles. The summed E-state index contributed by atoms with van der Waals surface area (Å²) >= 11 is 6.40. The van der Waals surface area contributed by atoms with E-state index in [1.807, 2.05) is 18.7 Å². The van der Waals surface area contributed by atoms with E-state index in [0.29, 0.717) is 12.0 Å². The summed E-state index contributed by atoms with van der Waals surface area (Å²) in [5.74, 6) is 0.668. The van der Waals surface area contributed by atoms with Gasteiger partial charge in [0.15, 0.2) is 0 Å². The fourth-order valence-electron chi connectivity index (χ4n) is 2.96. The van der Waals surface area contributed by atoms with E-state index in [4.69, 9.17) is 16.3 Å². The molecule has 114 valence electrons. The Morgan fingerprint density at radius 1 is 1.45 bits per heavy atom. The highest BCUT2D eigenvalue weighted by molar-refractivity contribution is 6.31. The summed E-state index contributed by atoms with van der Waals surface area (Å²) in [7, 11) is 1.98. The number of rotatable bonds is 6. The lowest BCUT2D eigenvalue weighted by molar-refractivity contribution is 0.0535. The predicted octanol–water partition coefficient (Wildman–Crippen LogP) is 2.72. The Labute approximate surface area is 126 Å². The number of ether oxygens (including phenoxy) is 1. The molecule has 20 heavy (non-hydrogen) atoms. The van der Waals surface area contributed by atoms with Gasteiger partial charge in [0.05, 0.1) is 16.4 Å². The SMILES string of the molecule is CCCNC(Cc1c(Cl)c(C)nn1C)C1CCOCC1. The van der Waals surface area contributed by atoms with Gasteiger partial charge in [-0.2, -0.15) is 5.10 Å². The summed E-state index contributed by atoms with van der Waals surface area (Å²) < 4.78 is 7.41. The molecule has 0 aromatic carbocycles. The molecule has 2 rings (SSSR count). The number of nitrogens with one attached hydrogen (secondary N) is 1. The van der Waals surface area contributed by atoms with Crippen LogP contribution >= 0.6 is 11.6 Å². The summed E-state index contributed by atoms with van der Waals surface area (Å²) in [6.45, 7) is 6.99. The average molecular weight is 300 g/mol. The zero-order chi connectivity index (χ0) is 14.5. The van der Waals surface area contributed by atoms with Crippen molar-refractivity contribution in [3.05, 3.63) is 16.4 Å². The summed E-state index contributed by atoms with van der Waals surface area (Å²) in [5.41, 5.74) is 2.06. The second-order valence-corrected chi connectivity index (χ2v) is 6.06. The van der Waals surface area contributed by atoms with Gasteiger partial charge in [-0.15, -0.1) is 0 Å². The van der Waals surface area contributed by atoms with Crippen LogP contribution in [0.3, 0.4) is 0 Å². The molecule has 4 nitrogen and oxygen atoms in total. The first-order valence-electron chi connectivity index (χ1n) is 7.62. The maximum atomic E-state index is 6.40. The lowest BCUT2D eigenvalue weighted by atomic mass is 9.88. The van der Waals surface area contributed by atoms with Crippen molar-refractivity contribution in [3.8, 4) is 0 Å². The van der Waals surface area contributed by atoms with Gasteiger partial charge < -0.3 is 10.1 Å². The molecule has 0 aliphatic carbocycles. The number of hydrogen-bond acceptors (Lipinski definition) is 3. The highest BCUT2D eigenvalue weighted by Gasteiger charge is 2.26. The molecule has 2 heterocycles. The van der Waals surface area contributed by atoms with Gasteiger partial charge in [0.25, 0.3) is 0 Å². The van der Waals surface area contributed by atoms with Crippen molar-refractivity contribution in [3.63, 3.8) is 0 Å². The minimum atomic E-state index is 0.464. The van der Waals surface area contributed by atoms with Crippen molar-refractivity contribution >= 4 is 11.6 Å². The minimum absolute atomic E-state index is 0.464. The number of halogens is 1. The quantitative estimate of drug-likeness (QED) is 0.878. The molecule has 1 atom stereocenters. The van der Waals surface area contributed by atoms with Gasteiger partial charge in [0.2, 0.25) is 0 Å². The first-order chi connectivity index (χ1) is 9.63. The molecular weight excluding hydrogens is 274 g/mol. The van der Waals surface area contributed by atoms with Gasteiger partial charge in [-0.05, 0) is 38.6 Å². The van der Waals surface area contributed by atoms with Crippen LogP contribution in [-0.2, 0) is 18.2 Å². The number of hydrogen-bond donors (Lipinski definition) is 1. The fraction of sp³-hybridized carbons (Fsp3) is 0.800. The lowest BCUT2D eigenvalue weighted by Gasteiger charge is -2.31. The molecule has 1 saturated heterocycles. The van der Waals surface area contributed by atoms with E-state index in [0.717, 1.165) is 61.9 Å². The Kier molecular flexibility index (Phi) is 5.87. The largest absolute Gasteiger partial charge is 0.381 e. The van der Waals surface area contributed by atoms with E-state index in [1.54, 1.807) is 0 Å². The average Bonchev–Trinajstić information content (AvgIpc) is 2.70. The van der Waals surface area contributed by atoms with E-state index in [1.165, 1.54) is 0 Å². The summed E-state index contributed by atoms with van der Waals surface area (Å²) in [5, 5.41) is 8.94.